The van der Waals surface area contributed by atoms with E-state index in [1.165, 1.54) is 26.0 Å². The van der Waals surface area contributed by atoms with E-state index in [4.69, 9.17) is 4.42 Å². The molecule has 0 radical (unpaired) electrons. The van der Waals surface area contributed by atoms with E-state index in [2.05, 4.69) is 9.98 Å². The molecular formula is C26H22F5N3O. The molecule has 4 nitrogen and oxygen atoms in total. The van der Waals surface area contributed by atoms with Crippen molar-refractivity contribution in [2.24, 2.45) is 10.4 Å². The van der Waals surface area contributed by atoms with Crippen molar-refractivity contribution >= 4 is 34.1 Å². The molecule has 35 heavy (non-hydrogen) atoms. The fourth-order valence-electron chi connectivity index (χ4n) is 4.65. The molecule has 0 saturated heterocycles. The zero-order valence-corrected chi connectivity index (χ0v) is 19.5. The molecule has 0 saturated carbocycles. The summed E-state index contributed by atoms with van der Waals surface area (Å²) in [5.41, 5.74) is 1.43. The topological polar surface area (TPSA) is 41.6 Å². The summed E-state index contributed by atoms with van der Waals surface area (Å²) in [5.74, 6) is -1.26. The van der Waals surface area contributed by atoms with E-state index < -0.39 is 29.4 Å². The molecule has 1 unspecified atom stereocenters. The van der Waals surface area contributed by atoms with Gasteiger partial charge in [-0.2, -0.15) is 22.5 Å². The molecule has 9 heteroatoms. The van der Waals surface area contributed by atoms with Gasteiger partial charge in [-0.3, -0.25) is 4.99 Å². The molecule has 2 aliphatic rings. The van der Waals surface area contributed by atoms with Gasteiger partial charge in [-0.1, -0.05) is 32.1 Å². The standard InChI is InChI=1S/C26H22F5N3O/c1-13-9-17(27)21-16-7-8-19(28)33-24(16)35-23(21)20(13)22-15-6-5-14(10-18(15)32-12-34(22)4)11-25(2,3)26(29,30)31/h5-10,12,18H,11H2,1-4H3. The number of fused-ring (bicyclic) bond motifs is 4. The van der Waals surface area contributed by atoms with E-state index in [1.54, 1.807) is 43.4 Å². The van der Waals surface area contributed by atoms with E-state index in [1.807, 2.05) is 0 Å². The van der Waals surface area contributed by atoms with Gasteiger partial charge in [0.05, 0.1) is 34.3 Å². The number of allylic oxidation sites excluding steroid dienone is 2. The lowest BCUT2D eigenvalue weighted by atomic mass is 9.81. The highest BCUT2D eigenvalue weighted by Crippen LogP contribution is 2.45. The van der Waals surface area contributed by atoms with Gasteiger partial charge in [0.2, 0.25) is 11.7 Å². The maximum Gasteiger partial charge on any atom is 0.394 e. The van der Waals surface area contributed by atoms with Crippen molar-refractivity contribution in [2.75, 3.05) is 7.05 Å². The first kappa shape index (κ1) is 23.3. The molecule has 0 bridgehead atoms. The van der Waals surface area contributed by atoms with E-state index in [-0.39, 0.29) is 23.1 Å². The molecule has 3 heterocycles. The molecule has 182 valence electrons. The molecule has 5 rings (SSSR count). The number of rotatable bonds is 3. The van der Waals surface area contributed by atoms with Crippen molar-refractivity contribution in [1.82, 2.24) is 9.88 Å². The Kier molecular flexibility index (Phi) is 5.16. The van der Waals surface area contributed by atoms with E-state index in [0.29, 0.717) is 27.8 Å². The van der Waals surface area contributed by atoms with Gasteiger partial charge in [0, 0.05) is 18.2 Å². The third-order valence-corrected chi connectivity index (χ3v) is 6.57. The fraction of sp³-hybridized carbons (Fsp3) is 0.308. The molecule has 0 N–H and O–H groups in total. The highest BCUT2D eigenvalue weighted by Gasteiger charge is 2.47. The van der Waals surface area contributed by atoms with Gasteiger partial charge in [-0.05, 0) is 42.7 Å². The maximum absolute atomic E-state index is 15.0. The first-order valence-corrected chi connectivity index (χ1v) is 11.0. The second-order valence-electron chi connectivity index (χ2n) is 9.60. The van der Waals surface area contributed by atoms with Crippen molar-refractivity contribution in [3.8, 4) is 0 Å². The van der Waals surface area contributed by atoms with Crippen LogP contribution in [0.3, 0.4) is 0 Å². The minimum absolute atomic E-state index is 0.0178. The first-order chi connectivity index (χ1) is 16.4. The summed E-state index contributed by atoms with van der Waals surface area (Å²) >= 11 is 0. The fourth-order valence-corrected chi connectivity index (χ4v) is 4.65. The lowest BCUT2D eigenvalue weighted by Gasteiger charge is -2.33. The predicted molar refractivity (Wildman–Crippen MR) is 125 cm³/mol. The first-order valence-electron chi connectivity index (χ1n) is 11.0. The van der Waals surface area contributed by atoms with Crippen LogP contribution in [-0.2, 0) is 0 Å². The van der Waals surface area contributed by atoms with Gasteiger partial charge < -0.3 is 9.32 Å². The van der Waals surface area contributed by atoms with E-state index in [0.717, 1.165) is 11.6 Å². The Morgan fingerprint density at radius 2 is 1.86 bits per heavy atom. The average molecular weight is 487 g/mol. The van der Waals surface area contributed by atoms with Crippen molar-refractivity contribution < 1.29 is 26.4 Å². The Bertz CT molecular complexity index is 1490. The van der Waals surface area contributed by atoms with E-state index >= 15 is 4.39 Å². The number of nitrogens with zero attached hydrogens (tertiary/aromatic N) is 3. The van der Waals surface area contributed by atoms with Crippen LogP contribution in [-0.4, -0.2) is 35.5 Å². The Morgan fingerprint density at radius 1 is 1.11 bits per heavy atom. The molecule has 0 amide bonds. The Morgan fingerprint density at radius 3 is 2.57 bits per heavy atom. The molecule has 0 fully saturated rings. The maximum atomic E-state index is 15.0. The van der Waals surface area contributed by atoms with Crippen LogP contribution in [0.4, 0.5) is 22.0 Å². The number of furan rings is 1. The third-order valence-electron chi connectivity index (χ3n) is 6.57. The Balaban J connectivity index is 1.67. The number of pyridine rings is 1. The van der Waals surface area contributed by atoms with Crippen LogP contribution in [0.15, 0.2) is 57.0 Å². The summed E-state index contributed by atoms with van der Waals surface area (Å²) in [4.78, 5) is 10.0. The number of benzene rings is 1. The number of aromatic nitrogens is 1. The van der Waals surface area contributed by atoms with Crippen LogP contribution < -0.4 is 0 Å². The van der Waals surface area contributed by atoms with Gasteiger partial charge in [-0.15, -0.1) is 0 Å². The van der Waals surface area contributed by atoms with Gasteiger partial charge in [0.25, 0.3) is 0 Å². The minimum Gasteiger partial charge on any atom is -0.437 e. The molecule has 1 atom stereocenters. The van der Waals surface area contributed by atoms with Gasteiger partial charge in [-0.25, -0.2) is 4.39 Å². The lowest BCUT2D eigenvalue weighted by molar-refractivity contribution is -0.210. The van der Waals surface area contributed by atoms with Crippen LogP contribution in [0.25, 0.3) is 27.8 Å². The molecular weight excluding hydrogens is 465 g/mol. The second kappa shape index (κ2) is 7.76. The number of hydrogen-bond donors (Lipinski definition) is 0. The summed E-state index contributed by atoms with van der Waals surface area (Å²) in [5, 5.41) is 0.543. The normalized spacial score (nSPS) is 18.6. The highest BCUT2D eigenvalue weighted by atomic mass is 19.4. The molecule has 1 aliphatic heterocycles. The number of hydrogen-bond acceptors (Lipinski definition) is 4. The number of halogens is 5. The zero-order chi connectivity index (χ0) is 25.3. The molecule has 1 aliphatic carbocycles. The van der Waals surface area contributed by atoms with Crippen LogP contribution in [0, 0.1) is 24.1 Å². The number of aryl methyl sites for hydroxylation is 1. The number of aliphatic imine (C=N–C) groups is 1. The molecule has 2 aromatic heterocycles. The summed E-state index contributed by atoms with van der Waals surface area (Å²) in [6.07, 6.45) is 2.20. The summed E-state index contributed by atoms with van der Waals surface area (Å²) in [6, 6.07) is 3.45. The Labute approximate surface area is 198 Å². The van der Waals surface area contributed by atoms with Crippen LogP contribution in [0.5, 0.6) is 0 Å². The van der Waals surface area contributed by atoms with Crippen LogP contribution in [0.2, 0.25) is 0 Å². The minimum atomic E-state index is -4.34. The molecule has 0 spiro atoms. The van der Waals surface area contributed by atoms with Gasteiger partial charge in [0.15, 0.2) is 0 Å². The average Bonchev–Trinajstić information content (AvgIpc) is 3.12. The van der Waals surface area contributed by atoms with E-state index in [9.17, 15) is 17.6 Å². The van der Waals surface area contributed by atoms with Gasteiger partial charge >= 0.3 is 6.18 Å². The predicted octanol–water partition coefficient (Wildman–Crippen LogP) is 7.10. The number of alkyl halides is 3. The monoisotopic (exact) mass is 487 g/mol. The quantitative estimate of drug-likeness (QED) is 0.292. The van der Waals surface area contributed by atoms with Crippen molar-refractivity contribution in [2.45, 2.75) is 39.4 Å². The van der Waals surface area contributed by atoms with Crippen molar-refractivity contribution in [1.29, 1.82) is 0 Å². The smallest absolute Gasteiger partial charge is 0.394 e. The molecule has 3 aromatic rings. The van der Waals surface area contributed by atoms with Crippen molar-refractivity contribution in [3.05, 3.63) is 70.5 Å². The summed E-state index contributed by atoms with van der Waals surface area (Å²) in [7, 11) is 1.77. The highest BCUT2D eigenvalue weighted by molar-refractivity contribution is 6.08. The lowest BCUT2D eigenvalue weighted by Crippen LogP contribution is -2.33. The van der Waals surface area contributed by atoms with Crippen LogP contribution in [0.1, 0.15) is 31.4 Å². The zero-order valence-electron chi connectivity index (χ0n) is 19.5. The molecule has 1 aromatic carbocycles. The Hall–Kier alpha value is -3.49. The SMILES string of the molecule is Cc1cc(F)c2c(oc3nc(F)ccc32)c1C1=C2C=CC(CC(C)(C)C(F)(F)F)=CC2N=CN1C. The van der Waals surface area contributed by atoms with Crippen LogP contribution >= 0.6 is 0 Å². The third kappa shape index (κ3) is 3.73. The summed E-state index contributed by atoms with van der Waals surface area (Å²) < 4.78 is 74.9. The second-order valence-corrected chi connectivity index (χ2v) is 9.60. The summed E-state index contributed by atoms with van der Waals surface area (Å²) in [6.45, 7) is 4.09. The van der Waals surface area contributed by atoms with Crippen molar-refractivity contribution in [3.63, 3.8) is 0 Å². The largest absolute Gasteiger partial charge is 0.437 e. The van der Waals surface area contributed by atoms with Gasteiger partial charge in [0.1, 0.15) is 11.4 Å².